The molecule has 0 saturated heterocycles. The second-order valence-electron chi connectivity index (χ2n) is 5.50. The van der Waals surface area contributed by atoms with Gasteiger partial charge in [0.05, 0.1) is 5.25 Å². The van der Waals surface area contributed by atoms with Crippen molar-refractivity contribution in [3.05, 3.63) is 29.8 Å². The lowest BCUT2D eigenvalue weighted by Crippen LogP contribution is -2.42. The standard InChI is InChI=1S/C15H19N5O2S2/c1-8(2)11(12(21)18-13(16)22)23-15-20-19-14(24-15)17-10-6-4-5-9(3)7-10/h4-8,11H,1-3H3,(H,17,19)(H3,16,18,21,22)/t11-/m1/s1. The Morgan fingerprint density at radius 3 is 2.67 bits per heavy atom. The van der Waals surface area contributed by atoms with Crippen molar-refractivity contribution in [2.24, 2.45) is 11.7 Å². The number of nitrogens with two attached hydrogens (primary N) is 1. The molecule has 0 radical (unpaired) electrons. The predicted octanol–water partition coefficient (Wildman–Crippen LogP) is 2.90. The number of aromatic nitrogens is 2. The molecule has 2 aromatic rings. The molecule has 7 nitrogen and oxygen atoms in total. The van der Waals surface area contributed by atoms with E-state index in [2.05, 4.69) is 20.8 Å². The Labute approximate surface area is 148 Å². The Bertz CT molecular complexity index is 732. The summed E-state index contributed by atoms with van der Waals surface area (Å²) in [6.45, 7) is 5.80. The van der Waals surface area contributed by atoms with Crippen LogP contribution in [0.1, 0.15) is 19.4 Å². The van der Waals surface area contributed by atoms with Crippen LogP contribution >= 0.6 is 23.1 Å². The second-order valence-corrected chi connectivity index (χ2v) is 7.87. The van der Waals surface area contributed by atoms with Gasteiger partial charge in [0.2, 0.25) is 11.0 Å². The Morgan fingerprint density at radius 1 is 1.29 bits per heavy atom. The molecular formula is C15H19N5O2S2. The number of amides is 3. The molecule has 128 valence electrons. The van der Waals surface area contributed by atoms with Crippen molar-refractivity contribution in [2.75, 3.05) is 5.32 Å². The lowest BCUT2D eigenvalue weighted by atomic mass is 10.1. The van der Waals surface area contributed by atoms with Crippen molar-refractivity contribution >= 4 is 45.9 Å². The van der Waals surface area contributed by atoms with Crippen molar-refractivity contribution in [1.82, 2.24) is 15.5 Å². The third kappa shape index (κ3) is 5.20. The van der Waals surface area contributed by atoms with Crippen LogP contribution in [0.15, 0.2) is 28.6 Å². The Kier molecular flexibility index (Phi) is 6.16. The number of hydrogen-bond donors (Lipinski definition) is 3. The fraction of sp³-hybridized carbons (Fsp3) is 0.333. The van der Waals surface area contributed by atoms with Gasteiger partial charge < -0.3 is 11.1 Å². The minimum atomic E-state index is -0.856. The number of rotatable bonds is 6. The fourth-order valence-electron chi connectivity index (χ4n) is 1.95. The van der Waals surface area contributed by atoms with Gasteiger partial charge in [0.1, 0.15) is 0 Å². The van der Waals surface area contributed by atoms with E-state index in [1.54, 1.807) is 0 Å². The van der Waals surface area contributed by atoms with Crippen LogP contribution in [-0.2, 0) is 4.79 Å². The van der Waals surface area contributed by atoms with E-state index in [9.17, 15) is 9.59 Å². The molecule has 24 heavy (non-hydrogen) atoms. The summed E-state index contributed by atoms with van der Waals surface area (Å²) in [5.41, 5.74) is 7.08. The molecular weight excluding hydrogens is 346 g/mol. The molecule has 0 aliphatic carbocycles. The third-order valence-corrected chi connectivity index (χ3v) is 5.48. The number of anilines is 2. The number of carbonyl (C=O) groups excluding carboxylic acids is 2. The smallest absolute Gasteiger partial charge is 0.318 e. The topological polar surface area (TPSA) is 110 Å². The van der Waals surface area contributed by atoms with Crippen LogP contribution in [0.2, 0.25) is 0 Å². The quantitative estimate of drug-likeness (QED) is 0.679. The maximum Gasteiger partial charge on any atom is 0.318 e. The van der Waals surface area contributed by atoms with E-state index >= 15 is 0 Å². The van der Waals surface area contributed by atoms with E-state index in [-0.39, 0.29) is 5.92 Å². The van der Waals surface area contributed by atoms with Crippen molar-refractivity contribution in [3.63, 3.8) is 0 Å². The Morgan fingerprint density at radius 2 is 2.04 bits per heavy atom. The van der Waals surface area contributed by atoms with Crippen LogP contribution in [0.4, 0.5) is 15.6 Å². The molecule has 0 fully saturated rings. The third-order valence-electron chi connectivity index (χ3n) is 3.01. The van der Waals surface area contributed by atoms with Gasteiger partial charge in [-0.15, -0.1) is 10.2 Å². The van der Waals surface area contributed by atoms with Crippen LogP contribution in [0.3, 0.4) is 0 Å². The van der Waals surface area contributed by atoms with Crippen LogP contribution < -0.4 is 16.4 Å². The molecule has 0 unspecified atom stereocenters. The van der Waals surface area contributed by atoms with Crippen molar-refractivity contribution in [3.8, 4) is 0 Å². The zero-order valence-electron chi connectivity index (χ0n) is 13.6. The summed E-state index contributed by atoms with van der Waals surface area (Å²) in [7, 11) is 0. The molecule has 1 aromatic heterocycles. The first-order valence-electron chi connectivity index (χ1n) is 7.29. The fourth-order valence-corrected chi connectivity index (χ4v) is 3.93. The number of benzene rings is 1. The number of nitrogens with zero attached hydrogens (tertiary/aromatic N) is 2. The maximum absolute atomic E-state index is 12.0. The summed E-state index contributed by atoms with van der Waals surface area (Å²) < 4.78 is 0.642. The van der Waals surface area contributed by atoms with Gasteiger partial charge >= 0.3 is 6.03 Å². The van der Waals surface area contributed by atoms with E-state index in [1.807, 2.05) is 45.0 Å². The molecule has 0 aliphatic heterocycles. The van der Waals surface area contributed by atoms with Gasteiger partial charge in [0.15, 0.2) is 4.34 Å². The number of primary amides is 1. The number of carbonyl (C=O) groups is 2. The number of thioether (sulfide) groups is 1. The van der Waals surface area contributed by atoms with Crippen LogP contribution in [0, 0.1) is 12.8 Å². The summed E-state index contributed by atoms with van der Waals surface area (Å²) in [4.78, 5) is 22.9. The van der Waals surface area contributed by atoms with Crippen LogP contribution in [0.5, 0.6) is 0 Å². The number of hydrogen-bond acceptors (Lipinski definition) is 7. The van der Waals surface area contributed by atoms with E-state index in [1.165, 1.54) is 23.1 Å². The molecule has 0 aliphatic rings. The van der Waals surface area contributed by atoms with Gasteiger partial charge in [-0.1, -0.05) is 49.1 Å². The minimum Gasteiger partial charge on any atom is -0.351 e. The normalized spacial score (nSPS) is 12.0. The zero-order valence-corrected chi connectivity index (χ0v) is 15.2. The lowest BCUT2D eigenvalue weighted by Gasteiger charge is -2.16. The molecule has 1 heterocycles. The second kappa shape index (κ2) is 8.11. The van der Waals surface area contributed by atoms with Crippen LogP contribution in [-0.4, -0.2) is 27.4 Å². The minimum absolute atomic E-state index is 0.00596. The molecule has 3 amide bonds. The van der Waals surface area contributed by atoms with E-state index in [0.29, 0.717) is 9.47 Å². The first kappa shape index (κ1) is 18.2. The highest BCUT2D eigenvalue weighted by Crippen LogP contribution is 2.33. The highest BCUT2D eigenvalue weighted by molar-refractivity contribution is 8.02. The summed E-state index contributed by atoms with van der Waals surface area (Å²) in [6, 6.07) is 7.06. The molecule has 0 saturated carbocycles. The van der Waals surface area contributed by atoms with E-state index in [4.69, 9.17) is 5.73 Å². The van der Waals surface area contributed by atoms with Crippen LogP contribution in [0.25, 0.3) is 0 Å². The molecule has 9 heteroatoms. The molecule has 2 rings (SSSR count). The zero-order chi connectivity index (χ0) is 17.7. The molecule has 0 bridgehead atoms. The SMILES string of the molecule is Cc1cccc(Nc2nnc(S[C@@H](C(=O)NC(N)=O)C(C)C)s2)c1. The predicted molar refractivity (Wildman–Crippen MR) is 96.6 cm³/mol. The Hall–Kier alpha value is -2.13. The first-order chi connectivity index (χ1) is 11.3. The van der Waals surface area contributed by atoms with E-state index in [0.717, 1.165) is 11.3 Å². The summed E-state index contributed by atoms with van der Waals surface area (Å²) in [6.07, 6.45) is 0. The molecule has 0 spiro atoms. The van der Waals surface area contributed by atoms with Gasteiger partial charge in [-0.25, -0.2) is 4.79 Å². The van der Waals surface area contributed by atoms with Gasteiger partial charge in [-0.05, 0) is 30.5 Å². The average Bonchev–Trinajstić information content (AvgIpc) is 2.91. The van der Waals surface area contributed by atoms with Crippen molar-refractivity contribution in [2.45, 2.75) is 30.4 Å². The Balaban J connectivity index is 2.05. The van der Waals surface area contributed by atoms with Gasteiger partial charge in [-0.3, -0.25) is 10.1 Å². The number of nitrogens with one attached hydrogen (secondary N) is 2. The molecule has 1 atom stereocenters. The van der Waals surface area contributed by atoms with Gasteiger partial charge in [0, 0.05) is 5.69 Å². The largest absolute Gasteiger partial charge is 0.351 e. The number of imide groups is 1. The number of aryl methyl sites for hydroxylation is 1. The van der Waals surface area contributed by atoms with Crippen molar-refractivity contribution < 1.29 is 9.59 Å². The van der Waals surface area contributed by atoms with E-state index < -0.39 is 17.2 Å². The highest BCUT2D eigenvalue weighted by Gasteiger charge is 2.26. The summed E-state index contributed by atoms with van der Waals surface area (Å²) in [5, 5.41) is 13.6. The monoisotopic (exact) mass is 365 g/mol. The highest BCUT2D eigenvalue weighted by atomic mass is 32.2. The number of urea groups is 1. The molecule has 1 aromatic carbocycles. The first-order valence-corrected chi connectivity index (χ1v) is 8.99. The average molecular weight is 365 g/mol. The summed E-state index contributed by atoms with van der Waals surface area (Å²) >= 11 is 2.62. The maximum atomic E-state index is 12.0. The van der Waals surface area contributed by atoms with Crippen molar-refractivity contribution in [1.29, 1.82) is 0 Å². The van der Waals surface area contributed by atoms with Gasteiger partial charge in [-0.2, -0.15) is 0 Å². The lowest BCUT2D eigenvalue weighted by molar-refractivity contribution is -0.120. The summed E-state index contributed by atoms with van der Waals surface area (Å²) in [5.74, 6) is -0.419. The molecule has 4 N–H and O–H groups in total. The van der Waals surface area contributed by atoms with Gasteiger partial charge in [0.25, 0.3) is 0 Å².